The Morgan fingerprint density at radius 3 is 2.14 bits per heavy atom. The van der Waals surface area contributed by atoms with Crippen LogP contribution >= 0.6 is 7.80 Å². The normalized spacial score (nSPS) is 11.3. The third-order valence-electron chi connectivity index (χ3n) is 3.54. The molecule has 0 aromatic heterocycles. The highest BCUT2D eigenvalue weighted by molar-refractivity contribution is 7.53. The molecule has 0 bridgehead atoms. The Hall–Kier alpha value is -1.79. The first-order valence-electron chi connectivity index (χ1n) is 7.10. The van der Waals surface area contributed by atoms with Gasteiger partial charge < -0.3 is 0 Å². The lowest BCUT2D eigenvalue weighted by Crippen LogP contribution is -2.08. The van der Waals surface area contributed by atoms with E-state index in [1.807, 2.05) is 63.2 Å². The molecule has 21 heavy (non-hydrogen) atoms. The third-order valence-corrected chi connectivity index (χ3v) is 5.05. The Bertz CT molecular complexity index is 652. The average Bonchev–Trinajstić information content (AvgIpc) is 2.44. The molecule has 0 spiro atoms. The van der Waals surface area contributed by atoms with Gasteiger partial charge in [-0.3, -0.25) is 4.79 Å². The van der Waals surface area contributed by atoms with E-state index in [-0.39, 0.29) is 5.78 Å². The first-order valence-corrected chi connectivity index (χ1v) is 8.54. The number of aryl methyl sites for hydroxylation is 3. The van der Waals surface area contributed by atoms with Gasteiger partial charge in [-0.05, 0) is 44.0 Å². The zero-order chi connectivity index (χ0) is 15.4. The van der Waals surface area contributed by atoms with Gasteiger partial charge in [-0.1, -0.05) is 40.5 Å². The van der Waals surface area contributed by atoms with Crippen LogP contribution in [0.25, 0.3) is 0 Å². The summed E-state index contributed by atoms with van der Waals surface area (Å²) in [4.78, 5) is 12.4. The lowest BCUT2D eigenvalue weighted by molar-refractivity contribution is 0.0988. The fraction of sp³-hybridized carbons (Fsp3) is 0.278. The molecular formula is C18H20O2P+. The molecule has 2 aromatic carbocycles. The van der Waals surface area contributed by atoms with Gasteiger partial charge in [-0.15, -0.1) is 0 Å². The monoisotopic (exact) mass is 299 g/mol. The first kappa shape index (κ1) is 15.6. The van der Waals surface area contributed by atoms with Gasteiger partial charge in [0.1, 0.15) is 0 Å². The Morgan fingerprint density at radius 2 is 1.57 bits per heavy atom. The summed E-state index contributed by atoms with van der Waals surface area (Å²) in [5.74, 6) is 0.0873. The molecule has 108 valence electrons. The van der Waals surface area contributed by atoms with Crippen LogP contribution < -0.4 is 5.30 Å². The van der Waals surface area contributed by atoms with E-state index in [1.54, 1.807) is 0 Å². The molecule has 3 heteroatoms. The number of benzene rings is 2. The van der Waals surface area contributed by atoms with E-state index in [4.69, 9.17) is 0 Å². The second-order valence-electron chi connectivity index (χ2n) is 5.38. The van der Waals surface area contributed by atoms with Crippen molar-refractivity contribution in [2.45, 2.75) is 27.2 Å². The van der Waals surface area contributed by atoms with E-state index in [1.165, 1.54) is 0 Å². The van der Waals surface area contributed by atoms with E-state index < -0.39 is 7.80 Å². The van der Waals surface area contributed by atoms with E-state index in [2.05, 4.69) is 0 Å². The van der Waals surface area contributed by atoms with Crippen LogP contribution in [0, 0.1) is 20.8 Å². The highest BCUT2D eigenvalue weighted by Crippen LogP contribution is 2.24. The Balaban J connectivity index is 2.08. The van der Waals surface area contributed by atoms with Gasteiger partial charge >= 0.3 is 7.80 Å². The van der Waals surface area contributed by atoms with Crippen molar-refractivity contribution < 1.29 is 9.36 Å². The predicted molar refractivity (Wildman–Crippen MR) is 88.2 cm³/mol. The number of rotatable bonds is 5. The SMILES string of the molecule is Cc1cc(C)c(C(=O)CC[P+](=O)c2ccccc2)c(C)c1. The topological polar surface area (TPSA) is 34.1 Å². The quantitative estimate of drug-likeness (QED) is 0.608. The number of ketones is 1. The molecule has 0 heterocycles. The van der Waals surface area contributed by atoms with Gasteiger partial charge in [0.25, 0.3) is 0 Å². The molecule has 0 saturated heterocycles. The molecule has 0 N–H and O–H groups in total. The van der Waals surface area contributed by atoms with Crippen molar-refractivity contribution in [1.29, 1.82) is 0 Å². The molecule has 0 aliphatic heterocycles. The summed E-state index contributed by atoms with van der Waals surface area (Å²) in [6.45, 7) is 5.95. The van der Waals surface area contributed by atoms with Gasteiger partial charge in [-0.2, -0.15) is 0 Å². The van der Waals surface area contributed by atoms with Crippen molar-refractivity contribution >= 4 is 18.9 Å². The highest BCUT2D eigenvalue weighted by Gasteiger charge is 2.22. The number of hydrogen-bond acceptors (Lipinski definition) is 2. The van der Waals surface area contributed by atoms with Crippen LogP contribution in [0.4, 0.5) is 0 Å². The molecule has 1 unspecified atom stereocenters. The maximum Gasteiger partial charge on any atom is 0.377 e. The minimum atomic E-state index is -1.49. The molecular weight excluding hydrogens is 279 g/mol. The molecule has 0 radical (unpaired) electrons. The fourth-order valence-corrected chi connectivity index (χ4v) is 3.84. The number of Topliss-reactive ketones (excluding diaryl/α,β-unsaturated/α-hetero) is 1. The van der Waals surface area contributed by atoms with Gasteiger partial charge in [-0.25, -0.2) is 0 Å². The van der Waals surface area contributed by atoms with Crippen LogP contribution in [0.2, 0.25) is 0 Å². The van der Waals surface area contributed by atoms with Crippen LogP contribution in [0.5, 0.6) is 0 Å². The van der Waals surface area contributed by atoms with Crippen molar-refractivity contribution in [2.24, 2.45) is 0 Å². The van der Waals surface area contributed by atoms with Crippen LogP contribution in [-0.4, -0.2) is 11.9 Å². The molecule has 0 saturated carbocycles. The molecule has 2 nitrogen and oxygen atoms in total. The van der Waals surface area contributed by atoms with Crippen molar-refractivity contribution in [1.82, 2.24) is 0 Å². The second-order valence-corrected chi connectivity index (χ2v) is 7.11. The van der Waals surface area contributed by atoms with Crippen LogP contribution in [-0.2, 0) is 4.57 Å². The lowest BCUT2D eigenvalue weighted by Gasteiger charge is -2.09. The minimum Gasteiger partial charge on any atom is -0.294 e. The van der Waals surface area contributed by atoms with Crippen LogP contribution in [0.3, 0.4) is 0 Å². The Morgan fingerprint density at radius 1 is 1.00 bits per heavy atom. The van der Waals surface area contributed by atoms with Gasteiger partial charge in [0.05, 0.1) is 6.42 Å². The van der Waals surface area contributed by atoms with Crippen LogP contribution in [0.15, 0.2) is 42.5 Å². The van der Waals surface area contributed by atoms with Gasteiger partial charge in [0.2, 0.25) is 0 Å². The molecule has 2 aromatic rings. The van der Waals surface area contributed by atoms with Crippen molar-refractivity contribution in [3.8, 4) is 0 Å². The summed E-state index contributed by atoms with van der Waals surface area (Å²) < 4.78 is 12.2. The molecule has 0 fully saturated rings. The summed E-state index contributed by atoms with van der Waals surface area (Å²) in [6, 6.07) is 13.4. The third kappa shape index (κ3) is 3.86. The smallest absolute Gasteiger partial charge is 0.294 e. The molecule has 1 atom stereocenters. The largest absolute Gasteiger partial charge is 0.377 e. The fourth-order valence-electron chi connectivity index (χ4n) is 2.67. The maximum absolute atomic E-state index is 12.4. The van der Waals surface area contributed by atoms with E-state index in [0.717, 1.165) is 27.6 Å². The summed E-state index contributed by atoms with van der Waals surface area (Å²) >= 11 is 0. The first-order chi connectivity index (χ1) is 9.99. The van der Waals surface area contributed by atoms with Crippen molar-refractivity contribution in [3.63, 3.8) is 0 Å². The Kier molecular flexibility index (Phi) is 5.03. The number of carbonyl (C=O) groups excluding carboxylic acids is 1. The molecule has 0 aliphatic rings. The minimum absolute atomic E-state index is 0.0873. The molecule has 0 amide bonds. The zero-order valence-electron chi connectivity index (χ0n) is 12.7. The average molecular weight is 299 g/mol. The summed E-state index contributed by atoms with van der Waals surface area (Å²) in [7, 11) is -1.49. The van der Waals surface area contributed by atoms with E-state index in [9.17, 15) is 9.36 Å². The standard InChI is InChI=1S/C18H20O2P/c1-13-11-14(2)18(15(3)12-13)17(19)9-10-21(20)16-7-5-4-6-8-16/h4-8,11-12H,9-10H2,1-3H3/q+1. The Labute approximate surface area is 127 Å². The highest BCUT2D eigenvalue weighted by atomic mass is 31.1. The summed E-state index contributed by atoms with van der Waals surface area (Å²) in [6.07, 6.45) is 0.736. The second kappa shape index (κ2) is 6.78. The number of hydrogen-bond donors (Lipinski definition) is 0. The van der Waals surface area contributed by atoms with Crippen LogP contribution in [0.1, 0.15) is 33.5 Å². The van der Waals surface area contributed by atoms with Crippen molar-refractivity contribution in [3.05, 3.63) is 64.7 Å². The number of carbonyl (C=O) groups is 1. The van der Waals surface area contributed by atoms with Gasteiger partial charge in [0, 0.05) is 5.56 Å². The molecule has 2 rings (SSSR count). The zero-order valence-corrected chi connectivity index (χ0v) is 13.6. The predicted octanol–water partition coefficient (Wildman–Crippen LogP) is 4.34. The summed E-state index contributed by atoms with van der Waals surface area (Å²) in [5.41, 5.74) is 3.97. The van der Waals surface area contributed by atoms with E-state index in [0.29, 0.717) is 12.6 Å². The summed E-state index contributed by atoms with van der Waals surface area (Å²) in [5, 5.41) is 0.817. The lowest BCUT2D eigenvalue weighted by atomic mass is 9.96. The maximum atomic E-state index is 12.4. The molecule has 0 aliphatic carbocycles. The van der Waals surface area contributed by atoms with Gasteiger partial charge in [0.15, 0.2) is 17.2 Å². The van der Waals surface area contributed by atoms with E-state index >= 15 is 0 Å². The van der Waals surface area contributed by atoms with Crippen molar-refractivity contribution in [2.75, 3.05) is 6.16 Å².